The first-order valence-electron chi connectivity index (χ1n) is 6.61. The molecule has 0 amide bonds. The van der Waals surface area contributed by atoms with E-state index in [0.717, 1.165) is 12.8 Å². The fourth-order valence-corrected chi connectivity index (χ4v) is 2.64. The lowest BCUT2D eigenvalue weighted by Gasteiger charge is -2.36. The van der Waals surface area contributed by atoms with Gasteiger partial charge in [0.1, 0.15) is 13.2 Å². The van der Waals surface area contributed by atoms with Gasteiger partial charge in [-0.3, -0.25) is 0 Å². The second kappa shape index (κ2) is 5.69. The Labute approximate surface area is 112 Å². The molecule has 0 aliphatic heterocycles. The first kappa shape index (κ1) is 14.0. The first-order valence-corrected chi connectivity index (χ1v) is 6.61. The molecule has 1 unspecified atom stereocenters. The maximum Gasteiger partial charge on any atom is 0.329 e. The van der Waals surface area contributed by atoms with E-state index in [1.54, 1.807) is 0 Å². The highest BCUT2D eigenvalue weighted by Crippen LogP contribution is 2.46. The number of carboxylic acids is 1. The number of hydrogen-bond acceptors (Lipinski definition) is 5. The Kier molecular flexibility index (Phi) is 4.19. The Hall–Kier alpha value is -1.43. The fraction of sp³-hybridized carbons (Fsp3) is 0.769. The molecule has 0 bridgehead atoms. The van der Waals surface area contributed by atoms with Crippen molar-refractivity contribution < 1.29 is 19.1 Å². The van der Waals surface area contributed by atoms with Crippen LogP contribution in [0.15, 0.2) is 4.42 Å². The predicted molar refractivity (Wildman–Crippen MR) is 66.6 cm³/mol. The van der Waals surface area contributed by atoms with Crippen LogP contribution in [0.25, 0.3) is 0 Å². The lowest BCUT2D eigenvalue weighted by atomic mass is 9.69. The molecule has 0 spiro atoms. The highest BCUT2D eigenvalue weighted by molar-refractivity contribution is 5.67. The normalized spacial score (nSPS) is 22.3. The van der Waals surface area contributed by atoms with Crippen molar-refractivity contribution in [3.8, 4) is 0 Å². The summed E-state index contributed by atoms with van der Waals surface area (Å²) in [4.78, 5) is 10.3. The minimum Gasteiger partial charge on any atom is -0.480 e. The summed E-state index contributed by atoms with van der Waals surface area (Å²) >= 11 is 0. The maximum absolute atomic E-state index is 10.3. The highest BCUT2D eigenvalue weighted by atomic mass is 16.5. The first-order chi connectivity index (χ1) is 8.99. The molecule has 6 heteroatoms. The zero-order valence-corrected chi connectivity index (χ0v) is 11.4. The third-order valence-corrected chi connectivity index (χ3v) is 3.74. The second-order valence-corrected chi connectivity index (χ2v) is 5.71. The van der Waals surface area contributed by atoms with Gasteiger partial charge in [0, 0.05) is 5.92 Å². The van der Waals surface area contributed by atoms with E-state index in [4.69, 9.17) is 14.3 Å². The predicted octanol–water partition coefficient (Wildman–Crippen LogP) is 2.35. The van der Waals surface area contributed by atoms with E-state index in [2.05, 4.69) is 24.0 Å². The summed E-state index contributed by atoms with van der Waals surface area (Å²) in [6, 6.07) is 0. The average Bonchev–Trinajstić information content (AvgIpc) is 2.76. The van der Waals surface area contributed by atoms with Crippen LogP contribution in [0, 0.1) is 5.41 Å². The number of aliphatic carboxylic acids is 1. The summed E-state index contributed by atoms with van der Waals surface area (Å²) in [6.07, 6.45) is 4.64. The fourth-order valence-electron chi connectivity index (χ4n) is 2.64. The van der Waals surface area contributed by atoms with Crippen molar-refractivity contribution in [2.45, 2.75) is 52.1 Å². The van der Waals surface area contributed by atoms with Crippen LogP contribution < -0.4 is 0 Å². The molecule has 0 aromatic carbocycles. The minimum atomic E-state index is -1.01. The number of aromatic nitrogens is 2. The summed E-state index contributed by atoms with van der Waals surface area (Å²) in [7, 11) is 0. The van der Waals surface area contributed by atoms with Crippen LogP contribution >= 0.6 is 0 Å². The third kappa shape index (κ3) is 3.53. The molecule has 2 rings (SSSR count). The highest BCUT2D eigenvalue weighted by Gasteiger charge is 2.36. The molecule has 1 fully saturated rings. The zero-order valence-electron chi connectivity index (χ0n) is 11.4. The molecule has 1 N–H and O–H groups in total. The topological polar surface area (TPSA) is 85.5 Å². The van der Waals surface area contributed by atoms with Gasteiger partial charge in [-0.15, -0.1) is 10.2 Å². The van der Waals surface area contributed by atoms with E-state index < -0.39 is 5.97 Å². The van der Waals surface area contributed by atoms with Crippen molar-refractivity contribution in [2.75, 3.05) is 6.61 Å². The van der Waals surface area contributed by atoms with Crippen molar-refractivity contribution in [1.29, 1.82) is 0 Å². The van der Waals surface area contributed by atoms with E-state index in [1.807, 2.05) is 0 Å². The Bertz CT molecular complexity index is 442. The van der Waals surface area contributed by atoms with Gasteiger partial charge in [0.05, 0.1) is 0 Å². The van der Waals surface area contributed by atoms with Gasteiger partial charge in [0.15, 0.2) is 0 Å². The number of hydrogen-bond donors (Lipinski definition) is 1. The summed E-state index contributed by atoms with van der Waals surface area (Å²) in [6.45, 7) is 4.14. The number of rotatable bonds is 5. The van der Waals surface area contributed by atoms with Gasteiger partial charge in [-0.1, -0.05) is 26.7 Å². The van der Waals surface area contributed by atoms with Gasteiger partial charge < -0.3 is 14.3 Å². The molecule has 1 aliphatic rings. The van der Waals surface area contributed by atoms with Gasteiger partial charge in [-0.05, 0) is 18.3 Å². The number of carboxylic acid groups (broad SMARTS) is 1. The standard InChI is InChI=1S/C13H20N2O4/c1-13(2)6-4-3-5-9(13)12-15-14-10(19-12)7-18-8-11(16)17/h9H,3-8H2,1-2H3,(H,16,17). The van der Waals surface area contributed by atoms with Gasteiger partial charge in [-0.25, -0.2) is 4.79 Å². The Morgan fingerprint density at radius 3 is 2.95 bits per heavy atom. The molecule has 1 saturated carbocycles. The summed E-state index contributed by atoms with van der Waals surface area (Å²) < 4.78 is 10.5. The minimum absolute atomic E-state index is 0.0481. The number of nitrogens with zero attached hydrogens (tertiary/aromatic N) is 2. The lowest BCUT2D eigenvalue weighted by molar-refractivity contribution is -0.142. The molecule has 1 atom stereocenters. The Morgan fingerprint density at radius 1 is 1.47 bits per heavy atom. The second-order valence-electron chi connectivity index (χ2n) is 5.71. The van der Waals surface area contributed by atoms with Crippen LogP contribution in [-0.2, 0) is 16.1 Å². The molecule has 6 nitrogen and oxygen atoms in total. The van der Waals surface area contributed by atoms with Crippen LogP contribution in [0.1, 0.15) is 57.2 Å². The summed E-state index contributed by atoms with van der Waals surface area (Å²) in [5, 5.41) is 16.5. The van der Waals surface area contributed by atoms with Gasteiger partial charge in [-0.2, -0.15) is 0 Å². The Morgan fingerprint density at radius 2 is 2.26 bits per heavy atom. The lowest BCUT2D eigenvalue weighted by Crippen LogP contribution is -2.26. The smallest absolute Gasteiger partial charge is 0.329 e. The van der Waals surface area contributed by atoms with Crippen LogP contribution in [0.3, 0.4) is 0 Å². The largest absolute Gasteiger partial charge is 0.480 e. The van der Waals surface area contributed by atoms with Crippen molar-refractivity contribution >= 4 is 5.97 Å². The number of ether oxygens (including phenoxy) is 1. The van der Waals surface area contributed by atoms with Gasteiger partial charge >= 0.3 is 5.97 Å². The molecular weight excluding hydrogens is 248 g/mol. The van der Waals surface area contributed by atoms with Crippen molar-refractivity contribution in [3.05, 3.63) is 11.8 Å². The van der Waals surface area contributed by atoms with Crippen LogP contribution in [0.2, 0.25) is 0 Å². The Balaban J connectivity index is 1.98. The maximum atomic E-state index is 10.3. The molecule has 106 valence electrons. The molecule has 1 heterocycles. The molecule has 1 aromatic rings. The quantitative estimate of drug-likeness (QED) is 0.882. The van der Waals surface area contributed by atoms with Crippen molar-refractivity contribution in [1.82, 2.24) is 10.2 Å². The molecule has 1 aliphatic carbocycles. The zero-order chi connectivity index (χ0) is 13.9. The molecule has 0 radical (unpaired) electrons. The van der Waals surface area contributed by atoms with Gasteiger partial charge in [0.25, 0.3) is 0 Å². The van der Waals surface area contributed by atoms with Crippen LogP contribution in [0.4, 0.5) is 0 Å². The monoisotopic (exact) mass is 268 g/mol. The SMILES string of the molecule is CC1(C)CCCCC1c1nnc(COCC(=O)O)o1. The van der Waals surface area contributed by atoms with E-state index in [-0.39, 0.29) is 24.5 Å². The van der Waals surface area contributed by atoms with Crippen molar-refractivity contribution in [3.63, 3.8) is 0 Å². The average molecular weight is 268 g/mol. The van der Waals surface area contributed by atoms with E-state index in [0.29, 0.717) is 11.8 Å². The van der Waals surface area contributed by atoms with E-state index >= 15 is 0 Å². The van der Waals surface area contributed by atoms with Crippen LogP contribution in [-0.4, -0.2) is 27.9 Å². The molecule has 0 saturated heterocycles. The summed E-state index contributed by atoms with van der Waals surface area (Å²) in [5.41, 5.74) is 0.171. The molecule has 1 aromatic heterocycles. The van der Waals surface area contributed by atoms with Gasteiger partial charge in [0.2, 0.25) is 11.8 Å². The van der Waals surface area contributed by atoms with Crippen LogP contribution in [0.5, 0.6) is 0 Å². The van der Waals surface area contributed by atoms with E-state index in [9.17, 15) is 4.79 Å². The molecular formula is C13H20N2O4. The summed E-state index contributed by atoms with van der Waals surface area (Å²) in [5.74, 6) is 0.270. The third-order valence-electron chi connectivity index (χ3n) is 3.74. The van der Waals surface area contributed by atoms with E-state index in [1.165, 1.54) is 12.8 Å². The molecule has 19 heavy (non-hydrogen) atoms. The van der Waals surface area contributed by atoms with Crippen molar-refractivity contribution in [2.24, 2.45) is 5.41 Å². The number of carbonyl (C=O) groups is 1.